The highest BCUT2D eigenvalue weighted by molar-refractivity contribution is 6.09. The normalized spacial score (nSPS) is 13.5. The fraction of sp³-hybridized carbons (Fsp3) is 0.0833. The van der Waals surface area contributed by atoms with Crippen molar-refractivity contribution in [3.63, 3.8) is 0 Å². The zero-order chi connectivity index (χ0) is 15.7. The molecular weight excluding hydrogens is 288 g/mol. The second-order valence-corrected chi connectivity index (χ2v) is 6.96. The van der Waals surface area contributed by atoms with E-state index in [0.717, 1.165) is 12.8 Å². The van der Waals surface area contributed by atoms with Crippen LogP contribution in [-0.4, -0.2) is 0 Å². The highest BCUT2D eigenvalue weighted by Crippen LogP contribution is 2.47. The maximum absolute atomic E-state index is 2.35. The van der Waals surface area contributed by atoms with Crippen molar-refractivity contribution in [2.75, 3.05) is 0 Å². The minimum absolute atomic E-state index is 1.06. The van der Waals surface area contributed by atoms with Crippen LogP contribution in [0.2, 0.25) is 0 Å². The van der Waals surface area contributed by atoms with Gasteiger partial charge in [-0.3, -0.25) is 0 Å². The molecule has 4 aromatic rings. The molecule has 0 nitrogen and oxygen atoms in total. The second-order valence-electron chi connectivity index (χ2n) is 6.96. The zero-order valence-electron chi connectivity index (χ0n) is 13.3. The van der Waals surface area contributed by atoms with Crippen molar-refractivity contribution >= 4 is 10.8 Å². The molecule has 112 valence electrons. The Morgan fingerprint density at radius 1 is 0.417 bits per heavy atom. The summed E-state index contributed by atoms with van der Waals surface area (Å²) in [5, 5.41) is 2.82. The van der Waals surface area contributed by atoms with Crippen molar-refractivity contribution < 1.29 is 0 Å². The van der Waals surface area contributed by atoms with Crippen LogP contribution < -0.4 is 0 Å². The van der Waals surface area contributed by atoms with E-state index in [1.54, 1.807) is 0 Å². The molecule has 0 aliphatic heterocycles. The molecule has 0 spiro atoms. The molecule has 0 unspecified atom stereocenters. The molecule has 2 aliphatic carbocycles. The average molecular weight is 304 g/mol. The van der Waals surface area contributed by atoms with Gasteiger partial charge in [0.25, 0.3) is 0 Å². The van der Waals surface area contributed by atoms with E-state index in [0.29, 0.717) is 0 Å². The Labute approximate surface area is 141 Å². The van der Waals surface area contributed by atoms with Gasteiger partial charge >= 0.3 is 0 Å². The van der Waals surface area contributed by atoms with E-state index in [2.05, 4.69) is 72.8 Å². The first-order valence-corrected chi connectivity index (χ1v) is 8.64. The standard InChI is InChI=1S/C24H16/c1-3-7-19-15(5-1)13-17-9-11-22-21(23(17)19)12-10-18-14-16-6-2-4-8-20(16)24(18)22/h1-12H,13-14H2. The van der Waals surface area contributed by atoms with Crippen molar-refractivity contribution in [3.8, 4) is 22.3 Å². The van der Waals surface area contributed by atoms with Crippen molar-refractivity contribution in [2.24, 2.45) is 0 Å². The summed E-state index contributed by atoms with van der Waals surface area (Å²) in [6.07, 6.45) is 2.13. The lowest BCUT2D eigenvalue weighted by Gasteiger charge is -2.11. The van der Waals surface area contributed by atoms with E-state index in [1.165, 1.54) is 55.3 Å². The number of benzene rings is 4. The predicted octanol–water partition coefficient (Wildman–Crippen LogP) is 5.98. The van der Waals surface area contributed by atoms with E-state index in [1.807, 2.05) is 0 Å². The molecule has 0 saturated carbocycles. The van der Waals surface area contributed by atoms with Gasteiger partial charge in [-0.1, -0.05) is 72.8 Å². The minimum Gasteiger partial charge on any atom is -0.0619 e. The molecule has 0 saturated heterocycles. The molecule has 0 heteroatoms. The summed E-state index contributed by atoms with van der Waals surface area (Å²) >= 11 is 0. The van der Waals surface area contributed by atoms with Crippen LogP contribution in [0.15, 0.2) is 72.8 Å². The van der Waals surface area contributed by atoms with Gasteiger partial charge in [-0.2, -0.15) is 0 Å². The Morgan fingerprint density at radius 2 is 0.875 bits per heavy atom. The molecule has 0 aromatic heterocycles. The van der Waals surface area contributed by atoms with Crippen molar-refractivity contribution in [1.82, 2.24) is 0 Å². The fourth-order valence-corrected chi connectivity index (χ4v) is 4.67. The third kappa shape index (κ3) is 1.48. The van der Waals surface area contributed by atoms with Gasteiger partial charge < -0.3 is 0 Å². The Morgan fingerprint density at radius 3 is 1.38 bits per heavy atom. The maximum atomic E-state index is 2.35. The molecule has 0 N–H and O–H groups in total. The largest absolute Gasteiger partial charge is 0.0619 e. The van der Waals surface area contributed by atoms with Gasteiger partial charge in [-0.05, 0) is 68.1 Å². The summed E-state index contributed by atoms with van der Waals surface area (Å²) in [4.78, 5) is 0. The van der Waals surface area contributed by atoms with Crippen LogP contribution in [0.4, 0.5) is 0 Å². The van der Waals surface area contributed by atoms with Crippen LogP contribution in [0.5, 0.6) is 0 Å². The summed E-state index contributed by atoms with van der Waals surface area (Å²) in [5.74, 6) is 0. The van der Waals surface area contributed by atoms with Crippen LogP contribution >= 0.6 is 0 Å². The molecule has 6 rings (SSSR count). The summed E-state index contributed by atoms with van der Waals surface area (Å²) in [5.41, 5.74) is 11.6. The first kappa shape index (κ1) is 12.5. The van der Waals surface area contributed by atoms with Gasteiger partial charge in [-0.15, -0.1) is 0 Å². The van der Waals surface area contributed by atoms with Gasteiger partial charge in [-0.25, -0.2) is 0 Å². The SMILES string of the molecule is c1ccc2c(c1)Cc1ccc3c4c(ccc3c1-2)Cc1ccccc1-4. The van der Waals surface area contributed by atoms with E-state index in [-0.39, 0.29) is 0 Å². The smallest absolute Gasteiger partial charge is 0.00132 e. The van der Waals surface area contributed by atoms with E-state index >= 15 is 0 Å². The van der Waals surface area contributed by atoms with Gasteiger partial charge in [0.05, 0.1) is 0 Å². The van der Waals surface area contributed by atoms with Crippen LogP contribution in [0.3, 0.4) is 0 Å². The molecule has 0 bridgehead atoms. The highest BCUT2D eigenvalue weighted by atomic mass is 14.3. The van der Waals surface area contributed by atoms with Crippen LogP contribution in [-0.2, 0) is 12.8 Å². The second kappa shape index (κ2) is 4.36. The number of hydrogen-bond donors (Lipinski definition) is 0. The first-order valence-electron chi connectivity index (χ1n) is 8.64. The molecule has 0 fully saturated rings. The van der Waals surface area contributed by atoms with Gasteiger partial charge in [0.2, 0.25) is 0 Å². The average Bonchev–Trinajstić information content (AvgIpc) is 3.19. The maximum Gasteiger partial charge on any atom is -0.00132 e. The van der Waals surface area contributed by atoms with Gasteiger partial charge in [0, 0.05) is 0 Å². The summed E-state index contributed by atoms with van der Waals surface area (Å²) in [6, 6.07) is 27.1. The molecule has 24 heavy (non-hydrogen) atoms. The quantitative estimate of drug-likeness (QED) is 0.324. The molecule has 0 atom stereocenters. The fourth-order valence-electron chi connectivity index (χ4n) is 4.67. The van der Waals surface area contributed by atoms with Gasteiger partial charge in [0.1, 0.15) is 0 Å². The lowest BCUT2D eigenvalue weighted by Crippen LogP contribution is -1.87. The van der Waals surface area contributed by atoms with Crippen LogP contribution in [0.25, 0.3) is 33.0 Å². The molecule has 0 heterocycles. The van der Waals surface area contributed by atoms with E-state index in [4.69, 9.17) is 0 Å². The molecule has 0 radical (unpaired) electrons. The molecule has 0 amide bonds. The summed E-state index contributed by atoms with van der Waals surface area (Å²) in [7, 11) is 0. The van der Waals surface area contributed by atoms with E-state index < -0.39 is 0 Å². The minimum atomic E-state index is 1.06. The lowest BCUT2D eigenvalue weighted by molar-refractivity contribution is 1.26. The Bertz CT molecular complexity index is 1060. The monoisotopic (exact) mass is 304 g/mol. The zero-order valence-corrected chi connectivity index (χ0v) is 13.3. The highest BCUT2D eigenvalue weighted by Gasteiger charge is 2.24. The number of fused-ring (bicyclic) bond motifs is 9. The third-order valence-corrected chi connectivity index (χ3v) is 5.71. The van der Waals surface area contributed by atoms with Crippen molar-refractivity contribution in [2.45, 2.75) is 12.8 Å². The van der Waals surface area contributed by atoms with Crippen LogP contribution in [0, 0.1) is 0 Å². The molecule has 4 aromatic carbocycles. The lowest BCUT2D eigenvalue weighted by atomic mass is 9.92. The summed E-state index contributed by atoms with van der Waals surface area (Å²) in [6.45, 7) is 0. The Kier molecular flexibility index (Phi) is 2.28. The van der Waals surface area contributed by atoms with Crippen molar-refractivity contribution in [3.05, 3.63) is 95.1 Å². The van der Waals surface area contributed by atoms with E-state index in [9.17, 15) is 0 Å². The summed E-state index contributed by atoms with van der Waals surface area (Å²) < 4.78 is 0. The first-order chi connectivity index (χ1) is 11.9. The third-order valence-electron chi connectivity index (χ3n) is 5.71. The van der Waals surface area contributed by atoms with Gasteiger partial charge in [0.15, 0.2) is 0 Å². The number of hydrogen-bond acceptors (Lipinski definition) is 0. The molecular formula is C24H16. The Balaban J connectivity index is 1.74. The Hall–Kier alpha value is -2.86. The molecule has 2 aliphatic rings. The van der Waals surface area contributed by atoms with Crippen molar-refractivity contribution in [1.29, 1.82) is 0 Å². The topological polar surface area (TPSA) is 0 Å². The number of rotatable bonds is 0. The van der Waals surface area contributed by atoms with Crippen LogP contribution in [0.1, 0.15) is 22.3 Å². The predicted molar refractivity (Wildman–Crippen MR) is 100 cm³/mol.